The Kier molecular flexibility index (Phi) is 6.91. The number of carbonyl (C=O) groups excluding carboxylic acids is 1. The second-order valence-electron chi connectivity index (χ2n) is 5.99. The molecule has 0 aromatic carbocycles. The molecule has 1 saturated heterocycles. The fourth-order valence-electron chi connectivity index (χ4n) is 2.65. The number of carboxylic acids is 1. The standard InChI is InChI=1S/C15H23N3O5S2/c1-2-3-8-25(22,23)18-6-4-11(5-7-18)14(19)16-9-13-17-12(10-24-13)15(20)21/h10-11H,2-9H2,1H3,(H,16,19)(H,20,21). The Morgan fingerprint density at radius 1 is 1.40 bits per heavy atom. The minimum Gasteiger partial charge on any atom is -0.476 e. The van der Waals surface area contributed by atoms with Crippen LogP contribution in [0.2, 0.25) is 0 Å². The number of unbranched alkanes of at least 4 members (excludes halogenated alkanes) is 1. The van der Waals surface area contributed by atoms with Crippen molar-refractivity contribution in [3.8, 4) is 0 Å². The Morgan fingerprint density at radius 2 is 2.08 bits per heavy atom. The third kappa shape index (κ3) is 5.48. The highest BCUT2D eigenvalue weighted by atomic mass is 32.2. The van der Waals surface area contributed by atoms with E-state index in [1.807, 2.05) is 6.92 Å². The van der Waals surface area contributed by atoms with Gasteiger partial charge in [0.15, 0.2) is 5.69 Å². The third-order valence-electron chi connectivity index (χ3n) is 4.16. The number of rotatable bonds is 8. The quantitative estimate of drug-likeness (QED) is 0.692. The van der Waals surface area contributed by atoms with Crippen LogP contribution in [-0.2, 0) is 21.4 Å². The van der Waals surface area contributed by atoms with Crippen molar-refractivity contribution in [2.24, 2.45) is 5.92 Å². The highest BCUT2D eigenvalue weighted by Crippen LogP contribution is 2.21. The van der Waals surface area contributed by atoms with Gasteiger partial charge in [-0.1, -0.05) is 13.3 Å². The lowest BCUT2D eigenvalue weighted by atomic mass is 9.97. The molecule has 1 aromatic heterocycles. The molecule has 25 heavy (non-hydrogen) atoms. The van der Waals surface area contributed by atoms with E-state index in [4.69, 9.17) is 5.11 Å². The van der Waals surface area contributed by atoms with Crippen molar-refractivity contribution in [2.45, 2.75) is 39.2 Å². The summed E-state index contributed by atoms with van der Waals surface area (Å²) in [5.41, 5.74) is -0.0279. The second kappa shape index (κ2) is 8.72. The molecule has 0 saturated carbocycles. The maximum atomic E-state index is 12.2. The van der Waals surface area contributed by atoms with Crippen LogP contribution in [0.15, 0.2) is 5.38 Å². The summed E-state index contributed by atoms with van der Waals surface area (Å²) >= 11 is 1.18. The van der Waals surface area contributed by atoms with E-state index in [1.54, 1.807) is 0 Å². The molecule has 0 bridgehead atoms. The number of carbonyl (C=O) groups is 2. The Balaban J connectivity index is 1.79. The number of hydrogen-bond acceptors (Lipinski definition) is 6. The summed E-state index contributed by atoms with van der Waals surface area (Å²) in [6.07, 6.45) is 2.47. The average Bonchev–Trinajstić information content (AvgIpc) is 3.07. The first-order valence-corrected chi connectivity index (χ1v) is 10.8. The monoisotopic (exact) mass is 389 g/mol. The maximum absolute atomic E-state index is 12.2. The molecule has 1 aromatic rings. The van der Waals surface area contributed by atoms with Gasteiger partial charge in [-0.15, -0.1) is 11.3 Å². The molecule has 1 aliphatic heterocycles. The van der Waals surface area contributed by atoms with Crippen LogP contribution in [-0.4, -0.2) is 53.5 Å². The first-order valence-electron chi connectivity index (χ1n) is 8.26. The zero-order valence-corrected chi connectivity index (χ0v) is 15.7. The van der Waals surface area contributed by atoms with E-state index >= 15 is 0 Å². The van der Waals surface area contributed by atoms with Gasteiger partial charge in [0.25, 0.3) is 0 Å². The van der Waals surface area contributed by atoms with Gasteiger partial charge in [0.05, 0.1) is 12.3 Å². The van der Waals surface area contributed by atoms with Crippen molar-refractivity contribution < 1.29 is 23.1 Å². The van der Waals surface area contributed by atoms with Crippen molar-refractivity contribution in [1.82, 2.24) is 14.6 Å². The lowest BCUT2D eigenvalue weighted by molar-refractivity contribution is -0.126. The Hall–Kier alpha value is -1.52. The van der Waals surface area contributed by atoms with E-state index in [0.29, 0.717) is 37.4 Å². The number of nitrogens with one attached hydrogen (secondary N) is 1. The lowest BCUT2D eigenvalue weighted by Gasteiger charge is -2.30. The fourth-order valence-corrected chi connectivity index (χ4v) is 5.04. The molecule has 8 nitrogen and oxygen atoms in total. The zero-order valence-electron chi connectivity index (χ0n) is 14.1. The number of aromatic nitrogens is 1. The van der Waals surface area contributed by atoms with Gasteiger partial charge in [0.1, 0.15) is 5.01 Å². The third-order valence-corrected chi connectivity index (χ3v) is 6.96. The van der Waals surface area contributed by atoms with E-state index in [2.05, 4.69) is 10.3 Å². The predicted octanol–water partition coefficient (Wildman–Crippen LogP) is 1.30. The van der Waals surface area contributed by atoms with Crippen LogP contribution < -0.4 is 5.32 Å². The molecule has 0 spiro atoms. The van der Waals surface area contributed by atoms with E-state index in [0.717, 1.165) is 6.42 Å². The van der Waals surface area contributed by atoms with E-state index in [1.165, 1.54) is 21.0 Å². The molecule has 0 aliphatic carbocycles. The van der Waals surface area contributed by atoms with E-state index < -0.39 is 16.0 Å². The van der Waals surface area contributed by atoms with Crippen LogP contribution in [0.25, 0.3) is 0 Å². The summed E-state index contributed by atoms with van der Waals surface area (Å²) in [4.78, 5) is 26.9. The van der Waals surface area contributed by atoms with Crippen LogP contribution in [0.4, 0.5) is 0 Å². The summed E-state index contributed by atoms with van der Waals surface area (Å²) in [7, 11) is -3.22. The molecule has 2 rings (SSSR count). The molecular weight excluding hydrogens is 366 g/mol. The van der Waals surface area contributed by atoms with Gasteiger partial charge in [0, 0.05) is 24.4 Å². The van der Waals surface area contributed by atoms with Gasteiger partial charge in [-0.2, -0.15) is 0 Å². The van der Waals surface area contributed by atoms with E-state index in [-0.39, 0.29) is 29.8 Å². The SMILES string of the molecule is CCCCS(=O)(=O)N1CCC(C(=O)NCc2nc(C(=O)O)cs2)CC1. The first kappa shape index (κ1) is 19.8. The largest absolute Gasteiger partial charge is 0.476 e. The Morgan fingerprint density at radius 3 is 2.64 bits per heavy atom. The van der Waals surface area contributed by atoms with Crippen LogP contribution >= 0.6 is 11.3 Å². The molecule has 2 heterocycles. The fraction of sp³-hybridized carbons (Fsp3) is 0.667. The summed E-state index contributed by atoms with van der Waals surface area (Å²) in [6.45, 7) is 2.87. The number of hydrogen-bond donors (Lipinski definition) is 2. The minimum absolute atomic E-state index is 0.0279. The van der Waals surface area contributed by atoms with E-state index in [9.17, 15) is 18.0 Å². The highest BCUT2D eigenvalue weighted by Gasteiger charge is 2.30. The lowest BCUT2D eigenvalue weighted by Crippen LogP contribution is -2.43. The molecule has 10 heteroatoms. The van der Waals surface area contributed by atoms with Crippen molar-refractivity contribution in [1.29, 1.82) is 0 Å². The Bertz CT molecular complexity index is 709. The predicted molar refractivity (Wildman–Crippen MR) is 93.9 cm³/mol. The number of carboxylic acid groups (broad SMARTS) is 1. The van der Waals surface area contributed by atoms with Crippen molar-refractivity contribution in [2.75, 3.05) is 18.8 Å². The molecule has 0 atom stereocenters. The van der Waals surface area contributed by atoms with Crippen molar-refractivity contribution in [3.63, 3.8) is 0 Å². The second-order valence-corrected chi connectivity index (χ2v) is 9.02. The minimum atomic E-state index is -3.22. The molecule has 2 N–H and O–H groups in total. The maximum Gasteiger partial charge on any atom is 0.355 e. The van der Waals surface area contributed by atoms with Gasteiger partial charge in [0.2, 0.25) is 15.9 Å². The highest BCUT2D eigenvalue weighted by molar-refractivity contribution is 7.89. The number of aromatic carboxylic acids is 1. The molecular formula is C15H23N3O5S2. The van der Waals surface area contributed by atoms with Crippen molar-refractivity contribution >= 4 is 33.2 Å². The summed E-state index contributed by atoms with van der Waals surface area (Å²) < 4.78 is 25.8. The topological polar surface area (TPSA) is 117 Å². The van der Waals surface area contributed by atoms with Crippen LogP contribution in [0.5, 0.6) is 0 Å². The number of piperidine rings is 1. The van der Waals surface area contributed by atoms with Crippen molar-refractivity contribution in [3.05, 3.63) is 16.1 Å². The molecule has 0 radical (unpaired) electrons. The summed E-state index contributed by atoms with van der Waals surface area (Å²) in [6, 6.07) is 0. The average molecular weight is 389 g/mol. The van der Waals surface area contributed by atoms with Crippen LogP contribution in [0, 0.1) is 5.92 Å². The molecule has 1 fully saturated rings. The summed E-state index contributed by atoms with van der Waals surface area (Å²) in [5, 5.41) is 13.6. The molecule has 140 valence electrons. The normalized spacial score (nSPS) is 16.7. The van der Waals surface area contributed by atoms with Gasteiger partial charge in [-0.25, -0.2) is 22.5 Å². The van der Waals surface area contributed by atoms with Gasteiger partial charge < -0.3 is 10.4 Å². The molecule has 1 amide bonds. The van der Waals surface area contributed by atoms with Gasteiger partial charge in [-0.05, 0) is 19.3 Å². The molecule has 0 unspecified atom stereocenters. The van der Waals surface area contributed by atoms with Crippen LogP contribution in [0.3, 0.4) is 0 Å². The molecule has 1 aliphatic rings. The summed E-state index contributed by atoms with van der Waals surface area (Å²) in [5.74, 6) is -1.30. The van der Waals surface area contributed by atoms with Gasteiger partial charge >= 0.3 is 5.97 Å². The number of thiazole rings is 1. The number of amides is 1. The Labute approximate surface area is 151 Å². The number of sulfonamides is 1. The zero-order chi connectivity index (χ0) is 18.4. The number of nitrogens with zero attached hydrogens (tertiary/aromatic N) is 2. The van der Waals surface area contributed by atoms with Crippen LogP contribution in [0.1, 0.15) is 48.1 Å². The van der Waals surface area contributed by atoms with Gasteiger partial charge in [-0.3, -0.25) is 4.79 Å². The first-order chi connectivity index (χ1) is 11.8. The smallest absolute Gasteiger partial charge is 0.355 e.